The monoisotopic (exact) mass is 437 g/mol. The van der Waals surface area contributed by atoms with Gasteiger partial charge in [0.05, 0.1) is 23.3 Å². The van der Waals surface area contributed by atoms with Crippen LogP contribution in [0.1, 0.15) is 35.3 Å². The first-order chi connectivity index (χ1) is 14.8. The van der Waals surface area contributed by atoms with Gasteiger partial charge in [-0.15, -0.1) is 0 Å². The van der Waals surface area contributed by atoms with E-state index >= 15 is 0 Å². The number of ether oxygens (including phenoxy) is 1. The van der Waals surface area contributed by atoms with Gasteiger partial charge in [-0.25, -0.2) is 13.2 Å². The molecule has 0 aliphatic rings. The van der Waals surface area contributed by atoms with Gasteiger partial charge in [-0.1, -0.05) is 49.4 Å². The van der Waals surface area contributed by atoms with Crippen LogP contribution in [0.2, 0.25) is 0 Å². The molecule has 3 aromatic carbocycles. The first-order valence-electron chi connectivity index (χ1n) is 10.2. The molecule has 0 radical (unpaired) electrons. The van der Waals surface area contributed by atoms with E-state index < -0.39 is 16.0 Å². The predicted molar refractivity (Wildman–Crippen MR) is 124 cm³/mol. The molecule has 0 heterocycles. The zero-order valence-corrected chi connectivity index (χ0v) is 19.1. The summed E-state index contributed by atoms with van der Waals surface area (Å²) in [5.74, 6) is -0.559. The lowest BCUT2D eigenvalue weighted by Gasteiger charge is -2.23. The molecule has 0 bridgehead atoms. The molecule has 0 saturated carbocycles. The molecule has 5 nitrogen and oxygen atoms in total. The summed E-state index contributed by atoms with van der Waals surface area (Å²) in [6, 6.07) is 20.3. The topological polar surface area (TPSA) is 63.7 Å². The van der Waals surface area contributed by atoms with Crippen LogP contribution in [0.25, 0.3) is 11.1 Å². The maximum atomic E-state index is 13.3. The minimum absolute atomic E-state index is 0.0552. The third-order valence-corrected chi connectivity index (χ3v) is 7.24. The quantitative estimate of drug-likeness (QED) is 0.475. The maximum absolute atomic E-state index is 13.3. The van der Waals surface area contributed by atoms with E-state index in [9.17, 15) is 13.2 Å². The first-order valence-corrected chi connectivity index (χ1v) is 11.7. The number of rotatable bonds is 7. The van der Waals surface area contributed by atoms with Gasteiger partial charge >= 0.3 is 5.97 Å². The Balaban J connectivity index is 1.94. The van der Waals surface area contributed by atoms with Gasteiger partial charge in [-0.2, -0.15) is 0 Å². The molecule has 0 aliphatic heterocycles. The molecule has 162 valence electrons. The number of hydrogen-bond acceptors (Lipinski definition) is 4. The highest BCUT2D eigenvalue weighted by molar-refractivity contribution is 7.92. The van der Waals surface area contributed by atoms with Crippen LogP contribution in [-0.4, -0.2) is 28.0 Å². The first kappa shape index (κ1) is 22.6. The number of aryl methyl sites for hydroxylation is 2. The second kappa shape index (κ2) is 9.35. The van der Waals surface area contributed by atoms with Crippen molar-refractivity contribution in [2.75, 3.05) is 18.0 Å². The van der Waals surface area contributed by atoms with Crippen molar-refractivity contribution in [3.8, 4) is 11.1 Å². The number of carbonyl (C=O) groups is 1. The third-order valence-electron chi connectivity index (χ3n) is 5.34. The zero-order valence-electron chi connectivity index (χ0n) is 18.3. The summed E-state index contributed by atoms with van der Waals surface area (Å²) in [6.07, 6.45) is 0.985. The van der Waals surface area contributed by atoms with Crippen LogP contribution in [0.5, 0.6) is 0 Å². The molecule has 0 unspecified atom stereocenters. The number of benzene rings is 3. The summed E-state index contributed by atoms with van der Waals surface area (Å²) in [4.78, 5) is 12.1. The lowest BCUT2D eigenvalue weighted by molar-refractivity contribution is 0.0599. The molecule has 0 amide bonds. The number of sulfonamides is 1. The molecular weight excluding hydrogens is 410 g/mol. The molecule has 31 heavy (non-hydrogen) atoms. The van der Waals surface area contributed by atoms with Crippen LogP contribution in [-0.2, 0) is 21.2 Å². The predicted octanol–water partition coefficient (Wildman–Crippen LogP) is 5.23. The Labute approximate surface area is 184 Å². The molecule has 0 aliphatic carbocycles. The summed E-state index contributed by atoms with van der Waals surface area (Å²) in [7, 11) is -2.57. The Morgan fingerprint density at radius 3 is 2.00 bits per heavy atom. The number of nitrogens with zero attached hydrogens (tertiary/aromatic N) is 1. The van der Waals surface area contributed by atoms with Gasteiger partial charge in [-0.05, 0) is 66.8 Å². The standard InChI is InChI=1S/C25H27NO4S/c1-5-19-8-10-20(11-9-19)21-12-14-22(15-13-21)26(6-2)31(28,29)23-16-7-18(3)24(17-23)25(27)30-4/h7-17H,5-6H2,1-4H3. The Hall–Kier alpha value is -3.12. The van der Waals surface area contributed by atoms with Gasteiger partial charge in [0.25, 0.3) is 10.0 Å². The lowest BCUT2D eigenvalue weighted by Crippen LogP contribution is -2.31. The number of hydrogen-bond donors (Lipinski definition) is 0. The highest BCUT2D eigenvalue weighted by Crippen LogP contribution is 2.28. The van der Waals surface area contributed by atoms with E-state index in [0.29, 0.717) is 11.3 Å². The van der Waals surface area contributed by atoms with Crippen molar-refractivity contribution < 1.29 is 17.9 Å². The van der Waals surface area contributed by atoms with Crippen molar-refractivity contribution in [2.24, 2.45) is 0 Å². The number of anilines is 1. The number of esters is 1. The normalized spacial score (nSPS) is 11.2. The fourth-order valence-electron chi connectivity index (χ4n) is 3.46. The molecule has 0 aromatic heterocycles. The summed E-state index contributed by atoms with van der Waals surface area (Å²) in [5.41, 5.74) is 4.83. The largest absolute Gasteiger partial charge is 0.465 e. The minimum atomic E-state index is -3.85. The summed E-state index contributed by atoms with van der Waals surface area (Å²) < 4.78 is 32.8. The summed E-state index contributed by atoms with van der Waals surface area (Å²) >= 11 is 0. The Morgan fingerprint density at radius 1 is 0.903 bits per heavy atom. The van der Waals surface area contributed by atoms with E-state index in [-0.39, 0.29) is 17.0 Å². The third kappa shape index (κ3) is 4.64. The molecule has 3 rings (SSSR count). The van der Waals surface area contributed by atoms with Crippen LogP contribution < -0.4 is 4.31 Å². The average molecular weight is 438 g/mol. The Bertz CT molecular complexity index is 1170. The van der Waals surface area contributed by atoms with Crippen LogP contribution in [0.15, 0.2) is 71.6 Å². The molecule has 0 saturated heterocycles. The molecule has 0 N–H and O–H groups in total. The van der Waals surface area contributed by atoms with Crippen molar-refractivity contribution >= 4 is 21.7 Å². The summed E-state index contributed by atoms with van der Waals surface area (Å²) in [5, 5.41) is 0. The zero-order chi connectivity index (χ0) is 22.6. The SMILES string of the molecule is CCc1ccc(-c2ccc(N(CC)S(=O)(=O)c3ccc(C)c(C(=O)OC)c3)cc2)cc1. The highest BCUT2D eigenvalue weighted by Gasteiger charge is 2.25. The second-order valence-electron chi connectivity index (χ2n) is 7.24. The van der Waals surface area contributed by atoms with Gasteiger partial charge in [0, 0.05) is 6.54 Å². The lowest BCUT2D eigenvalue weighted by atomic mass is 10.0. The molecule has 0 atom stereocenters. The average Bonchev–Trinajstić information content (AvgIpc) is 2.79. The van der Waals surface area contributed by atoms with Crippen LogP contribution in [0, 0.1) is 6.92 Å². The van der Waals surface area contributed by atoms with Crippen LogP contribution >= 0.6 is 0 Å². The number of carbonyl (C=O) groups excluding carboxylic acids is 1. The molecule has 0 spiro atoms. The van der Waals surface area contributed by atoms with Gasteiger partial charge in [0.1, 0.15) is 0 Å². The van der Waals surface area contributed by atoms with Gasteiger partial charge in [0.2, 0.25) is 0 Å². The van der Waals surface area contributed by atoms with Crippen molar-refractivity contribution in [1.82, 2.24) is 0 Å². The maximum Gasteiger partial charge on any atom is 0.338 e. The Morgan fingerprint density at radius 2 is 1.48 bits per heavy atom. The van der Waals surface area contributed by atoms with Gasteiger partial charge in [0.15, 0.2) is 0 Å². The number of methoxy groups -OCH3 is 1. The van der Waals surface area contributed by atoms with Crippen molar-refractivity contribution in [3.05, 3.63) is 83.4 Å². The van der Waals surface area contributed by atoms with Crippen molar-refractivity contribution in [2.45, 2.75) is 32.1 Å². The summed E-state index contributed by atoms with van der Waals surface area (Å²) in [6.45, 7) is 5.90. The van der Waals surface area contributed by atoms with E-state index in [0.717, 1.165) is 17.5 Å². The van der Waals surface area contributed by atoms with E-state index in [2.05, 4.69) is 31.2 Å². The minimum Gasteiger partial charge on any atom is -0.465 e. The fourth-order valence-corrected chi connectivity index (χ4v) is 4.96. The molecule has 0 fully saturated rings. The Kier molecular flexibility index (Phi) is 6.81. The smallest absolute Gasteiger partial charge is 0.338 e. The van der Waals surface area contributed by atoms with E-state index in [1.807, 2.05) is 12.1 Å². The van der Waals surface area contributed by atoms with Gasteiger partial charge < -0.3 is 4.74 Å². The fraction of sp³-hybridized carbons (Fsp3) is 0.240. The highest BCUT2D eigenvalue weighted by atomic mass is 32.2. The van der Waals surface area contributed by atoms with Crippen molar-refractivity contribution in [1.29, 1.82) is 0 Å². The van der Waals surface area contributed by atoms with E-state index in [4.69, 9.17) is 4.74 Å². The molecule has 6 heteroatoms. The van der Waals surface area contributed by atoms with Crippen molar-refractivity contribution in [3.63, 3.8) is 0 Å². The molecular formula is C25H27NO4S. The van der Waals surface area contributed by atoms with Crippen LogP contribution in [0.3, 0.4) is 0 Å². The second-order valence-corrected chi connectivity index (χ2v) is 9.10. The van der Waals surface area contributed by atoms with E-state index in [1.165, 1.54) is 29.1 Å². The van der Waals surface area contributed by atoms with E-state index in [1.54, 1.807) is 32.0 Å². The van der Waals surface area contributed by atoms with Crippen LogP contribution in [0.4, 0.5) is 5.69 Å². The van der Waals surface area contributed by atoms with Gasteiger partial charge in [-0.3, -0.25) is 4.31 Å². The molecule has 3 aromatic rings.